The second kappa shape index (κ2) is 7.01. The van der Waals surface area contributed by atoms with Crippen molar-refractivity contribution < 1.29 is 0 Å². The highest BCUT2D eigenvalue weighted by Crippen LogP contribution is 2.29. The first-order chi connectivity index (χ1) is 9.96. The molecule has 1 aromatic heterocycles. The summed E-state index contributed by atoms with van der Waals surface area (Å²) in [4.78, 5) is 0. The molecule has 1 heterocycles. The Balaban J connectivity index is 2.35. The minimum absolute atomic E-state index is 0.0695. The molecular formula is C15H18Cl3N3. The number of nitrogens with one attached hydrogen (secondary N) is 1. The molecule has 0 radical (unpaired) electrons. The number of halogens is 3. The summed E-state index contributed by atoms with van der Waals surface area (Å²) in [7, 11) is 1.91. The average Bonchev–Trinajstić information content (AvgIpc) is 2.70. The number of hydrogen-bond acceptors (Lipinski definition) is 2. The molecule has 0 amide bonds. The van der Waals surface area contributed by atoms with Crippen LogP contribution in [0.5, 0.6) is 0 Å². The van der Waals surface area contributed by atoms with Crippen LogP contribution in [0, 0.1) is 6.92 Å². The van der Waals surface area contributed by atoms with Gasteiger partial charge in [0.2, 0.25) is 0 Å². The molecule has 0 spiro atoms. The van der Waals surface area contributed by atoms with Gasteiger partial charge in [-0.3, -0.25) is 4.68 Å². The topological polar surface area (TPSA) is 29.9 Å². The highest BCUT2D eigenvalue weighted by Gasteiger charge is 2.19. The molecule has 1 N–H and O–H groups in total. The summed E-state index contributed by atoms with van der Waals surface area (Å²) in [5, 5.41) is 9.73. The molecule has 0 aliphatic heterocycles. The molecule has 0 fully saturated rings. The molecule has 6 heteroatoms. The number of nitrogens with zero attached hydrogens (tertiary/aromatic N) is 2. The van der Waals surface area contributed by atoms with Crippen molar-refractivity contribution >= 4 is 34.8 Å². The van der Waals surface area contributed by atoms with Crippen molar-refractivity contribution in [1.29, 1.82) is 0 Å². The van der Waals surface area contributed by atoms with E-state index in [0.29, 0.717) is 10.0 Å². The molecule has 0 saturated heterocycles. The molecule has 0 bridgehead atoms. The van der Waals surface area contributed by atoms with E-state index < -0.39 is 0 Å². The number of likely N-dealkylation sites (N-methyl/N-ethyl adjacent to an activating group) is 1. The number of aromatic nitrogens is 2. The molecule has 0 saturated carbocycles. The summed E-state index contributed by atoms with van der Waals surface area (Å²) >= 11 is 18.6. The van der Waals surface area contributed by atoms with E-state index in [0.717, 1.165) is 34.9 Å². The Morgan fingerprint density at radius 3 is 2.33 bits per heavy atom. The third-order valence-corrected chi connectivity index (χ3v) is 4.41. The van der Waals surface area contributed by atoms with Crippen molar-refractivity contribution in [1.82, 2.24) is 15.1 Å². The summed E-state index contributed by atoms with van der Waals surface area (Å²) in [6.07, 6.45) is 0.723. The van der Waals surface area contributed by atoms with E-state index in [4.69, 9.17) is 34.8 Å². The Labute approximate surface area is 140 Å². The second-order valence-electron chi connectivity index (χ2n) is 4.91. The predicted molar refractivity (Wildman–Crippen MR) is 89.6 cm³/mol. The SMILES string of the molecule is CCn1nc(C)c(Cl)c1CC(NC)c1cc(Cl)cc(Cl)c1. The summed E-state index contributed by atoms with van der Waals surface area (Å²) in [5.74, 6) is 0. The van der Waals surface area contributed by atoms with Crippen molar-refractivity contribution in [3.8, 4) is 0 Å². The molecule has 2 rings (SSSR count). The molecule has 21 heavy (non-hydrogen) atoms. The van der Waals surface area contributed by atoms with Crippen molar-refractivity contribution in [3.05, 3.63) is 50.2 Å². The molecule has 114 valence electrons. The van der Waals surface area contributed by atoms with Crippen molar-refractivity contribution in [2.45, 2.75) is 32.9 Å². The van der Waals surface area contributed by atoms with Gasteiger partial charge >= 0.3 is 0 Å². The Morgan fingerprint density at radius 2 is 1.81 bits per heavy atom. The molecule has 0 aliphatic rings. The fraction of sp³-hybridized carbons (Fsp3) is 0.400. The number of benzene rings is 1. The van der Waals surface area contributed by atoms with E-state index in [-0.39, 0.29) is 6.04 Å². The summed E-state index contributed by atoms with van der Waals surface area (Å²) in [6.45, 7) is 4.76. The normalized spacial score (nSPS) is 12.7. The van der Waals surface area contributed by atoms with Crippen molar-refractivity contribution in [2.24, 2.45) is 0 Å². The van der Waals surface area contributed by atoms with E-state index in [2.05, 4.69) is 17.3 Å². The zero-order chi connectivity index (χ0) is 15.6. The van der Waals surface area contributed by atoms with Crippen LogP contribution >= 0.6 is 34.8 Å². The van der Waals surface area contributed by atoms with E-state index in [1.54, 1.807) is 6.07 Å². The molecule has 1 unspecified atom stereocenters. The standard InChI is InChI=1S/C15H18Cl3N3/c1-4-21-14(15(18)9(2)20-21)8-13(19-3)10-5-11(16)7-12(17)6-10/h5-7,13,19H,4,8H2,1-3H3. The van der Waals surface area contributed by atoms with E-state index in [1.807, 2.05) is 30.8 Å². The van der Waals surface area contributed by atoms with Gasteiger partial charge in [-0.1, -0.05) is 34.8 Å². The maximum absolute atomic E-state index is 6.38. The van der Waals surface area contributed by atoms with E-state index >= 15 is 0 Å². The minimum atomic E-state index is 0.0695. The maximum Gasteiger partial charge on any atom is 0.0847 e. The fourth-order valence-corrected chi connectivity index (χ4v) is 3.18. The van der Waals surface area contributed by atoms with Gasteiger partial charge in [0.1, 0.15) is 0 Å². The van der Waals surface area contributed by atoms with Crippen LogP contribution in [0.2, 0.25) is 15.1 Å². The molecule has 0 aliphatic carbocycles. The van der Waals surface area contributed by atoms with E-state index in [1.165, 1.54) is 0 Å². The second-order valence-corrected chi connectivity index (χ2v) is 6.16. The monoisotopic (exact) mass is 345 g/mol. The first-order valence-corrected chi connectivity index (χ1v) is 7.94. The smallest absolute Gasteiger partial charge is 0.0847 e. The van der Waals surface area contributed by atoms with Gasteiger partial charge in [-0.25, -0.2) is 0 Å². The van der Waals surface area contributed by atoms with E-state index in [9.17, 15) is 0 Å². The molecule has 1 aromatic carbocycles. The van der Waals surface area contributed by atoms with Gasteiger partial charge in [0.25, 0.3) is 0 Å². The number of hydrogen-bond donors (Lipinski definition) is 1. The zero-order valence-electron chi connectivity index (χ0n) is 12.3. The highest BCUT2D eigenvalue weighted by atomic mass is 35.5. The summed E-state index contributed by atoms with van der Waals surface area (Å²) in [6, 6.07) is 5.64. The van der Waals surface area contributed by atoms with Gasteiger partial charge in [-0.15, -0.1) is 0 Å². The van der Waals surface area contributed by atoms with Crippen molar-refractivity contribution in [3.63, 3.8) is 0 Å². The molecular weight excluding hydrogens is 329 g/mol. The fourth-order valence-electron chi connectivity index (χ4n) is 2.42. The van der Waals surface area contributed by atoms with Gasteiger partial charge < -0.3 is 5.32 Å². The van der Waals surface area contributed by atoms with Crippen LogP contribution in [0.1, 0.15) is 29.9 Å². The van der Waals surface area contributed by atoms with Gasteiger partial charge in [-0.2, -0.15) is 5.10 Å². The lowest BCUT2D eigenvalue weighted by Crippen LogP contribution is -2.20. The molecule has 3 nitrogen and oxygen atoms in total. The van der Waals surface area contributed by atoms with Gasteiger partial charge in [0, 0.05) is 29.1 Å². The summed E-state index contributed by atoms with van der Waals surface area (Å²) < 4.78 is 1.94. The van der Waals surface area contributed by atoms with Crippen LogP contribution < -0.4 is 5.32 Å². The van der Waals surface area contributed by atoms with Crippen LogP contribution in [0.25, 0.3) is 0 Å². The zero-order valence-corrected chi connectivity index (χ0v) is 14.5. The Morgan fingerprint density at radius 1 is 1.19 bits per heavy atom. The maximum atomic E-state index is 6.38. The third-order valence-electron chi connectivity index (χ3n) is 3.49. The lowest BCUT2D eigenvalue weighted by molar-refractivity contribution is 0.541. The highest BCUT2D eigenvalue weighted by molar-refractivity contribution is 6.34. The van der Waals surface area contributed by atoms with Crippen LogP contribution in [0.15, 0.2) is 18.2 Å². The molecule has 2 aromatic rings. The predicted octanol–water partition coefficient (Wildman–Crippen LogP) is 4.67. The molecule has 1 atom stereocenters. The van der Waals surface area contributed by atoms with Crippen LogP contribution in [0.4, 0.5) is 0 Å². The third kappa shape index (κ3) is 3.72. The average molecular weight is 347 g/mol. The Bertz CT molecular complexity index is 617. The van der Waals surface area contributed by atoms with Gasteiger partial charge in [0.15, 0.2) is 0 Å². The van der Waals surface area contributed by atoms with Crippen LogP contribution in [-0.2, 0) is 13.0 Å². The quantitative estimate of drug-likeness (QED) is 0.852. The number of rotatable bonds is 5. The van der Waals surface area contributed by atoms with Crippen LogP contribution in [0.3, 0.4) is 0 Å². The first-order valence-electron chi connectivity index (χ1n) is 6.81. The minimum Gasteiger partial charge on any atom is -0.313 e. The van der Waals surface area contributed by atoms with Gasteiger partial charge in [-0.05, 0) is 44.7 Å². The first kappa shape index (κ1) is 16.6. The lowest BCUT2D eigenvalue weighted by atomic mass is 10.0. The van der Waals surface area contributed by atoms with Crippen LogP contribution in [-0.4, -0.2) is 16.8 Å². The lowest BCUT2D eigenvalue weighted by Gasteiger charge is -2.18. The summed E-state index contributed by atoms with van der Waals surface area (Å²) in [5.41, 5.74) is 2.91. The van der Waals surface area contributed by atoms with Gasteiger partial charge in [0.05, 0.1) is 16.4 Å². The largest absolute Gasteiger partial charge is 0.313 e. The number of aryl methyl sites for hydroxylation is 2. The van der Waals surface area contributed by atoms with Crippen molar-refractivity contribution in [2.75, 3.05) is 7.05 Å². The Kier molecular flexibility index (Phi) is 5.55. The Hall–Kier alpha value is -0.740.